The zero-order valence-electron chi connectivity index (χ0n) is 11.4. The van der Waals surface area contributed by atoms with Gasteiger partial charge in [0.1, 0.15) is 6.04 Å². The lowest BCUT2D eigenvalue weighted by Gasteiger charge is -2.36. The first-order valence-corrected chi connectivity index (χ1v) is 6.69. The predicted molar refractivity (Wildman–Crippen MR) is 70.8 cm³/mol. The molecule has 17 heavy (non-hydrogen) atoms. The van der Waals surface area contributed by atoms with Gasteiger partial charge in [-0.2, -0.15) is 5.26 Å². The number of nitrogens with one attached hydrogen (secondary N) is 1. The van der Waals surface area contributed by atoms with E-state index >= 15 is 0 Å². The second kappa shape index (κ2) is 7.65. The zero-order valence-corrected chi connectivity index (χ0v) is 11.4. The summed E-state index contributed by atoms with van der Waals surface area (Å²) >= 11 is 0. The van der Waals surface area contributed by atoms with Crippen molar-refractivity contribution in [1.29, 1.82) is 5.26 Å². The van der Waals surface area contributed by atoms with Crippen LogP contribution in [0.4, 0.5) is 0 Å². The van der Waals surface area contributed by atoms with Gasteiger partial charge in [0.2, 0.25) is 0 Å². The van der Waals surface area contributed by atoms with Gasteiger partial charge >= 0.3 is 0 Å². The summed E-state index contributed by atoms with van der Waals surface area (Å²) in [6.07, 6.45) is 3.61. The minimum absolute atomic E-state index is 0.0177. The van der Waals surface area contributed by atoms with Crippen molar-refractivity contribution in [1.82, 2.24) is 15.1 Å². The van der Waals surface area contributed by atoms with E-state index in [1.807, 2.05) is 0 Å². The Morgan fingerprint density at radius 3 is 2.88 bits per heavy atom. The van der Waals surface area contributed by atoms with Gasteiger partial charge in [-0.25, -0.2) is 0 Å². The van der Waals surface area contributed by atoms with E-state index < -0.39 is 0 Å². The normalized spacial score (nSPS) is 23.6. The third kappa shape index (κ3) is 5.03. The molecule has 0 amide bonds. The van der Waals surface area contributed by atoms with E-state index in [0.717, 1.165) is 32.6 Å². The third-order valence-electron chi connectivity index (χ3n) is 3.45. The molecule has 98 valence electrons. The van der Waals surface area contributed by atoms with Gasteiger partial charge in [0.05, 0.1) is 6.07 Å². The van der Waals surface area contributed by atoms with Crippen molar-refractivity contribution in [3.8, 4) is 6.07 Å². The highest BCUT2D eigenvalue weighted by atomic mass is 15.2. The van der Waals surface area contributed by atoms with Crippen molar-refractivity contribution in [2.75, 3.05) is 40.3 Å². The maximum absolute atomic E-state index is 9.11. The van der Waals surface area contributed by atoms with E-state index in [-0.39, 0.29) is 6.04 Å². The van der Waals surface area contributed by atoms with Gasteiger partial charge in [-0.3, -0.25) is 4.90 Å². The molecule has 1 saturated heterocycles. The van der Waals surface area contributed by atoms with E-state index in [0.29, 0.717) is 6.04 Å². The van der Waals surface area contributed by atoms with Crippen LogP contribution in [0.15, 0.2) is 0 Å². The monoisotopic (exact) mass is 238 g/mol. The van der Waals surface area contributed by atoms with E-state index in [1.54, 1.807) is 0 Å². The quantitative estimate of drug-likeness (QED) is 0.747. The lowest BCUT2D eigenvalue weighted by molar-refractivity contribution is 0.129. The van der Waals surface area contributed by atoms with Crippen LogP contribution in [-0.2, 0) is 0 Å². The number of piperidine rings is 1. The second-order valence-corrected chi connectivity index (χ2v) is 5.16. The van der Waals surface area contributed by atoms with E-state index in [4.69, 9.17) is 5.26 Å². The molecule has 0 saturated carbocycles. The number of nitriles is 1. The van der Waals surface area contributed by atoms with Crippen molar-refractivity contribution in [3.63, 3.8) is 0 Å². The van der Waals surface area contributed by atoms with Crippen LogP contribution in [0.1, 0.15) is 26.2 Å². The highest BCUT2D eigenvalue weighted by Crippen LogP contribution is 2.13. The molecule has 1 N–H and O–H groups in total. The molecule has 4 heteroatoms. The summed E-state index contributed by atoms with van der Waals surface area (Å²) in [7, 11) is 4.29. The minimum Gasteiger partial charge on any atom is -0.305 e. The molecule has 1 rings (SSSR count). The molecule has 1 aliphatic heterocycles. The van der Waals surface area contributed by atoms with E-state index in [9.17, 15) is 0 Å². The Hall–Kier alpha value is -0.630. The SMILES string of the molecule is CCCNC(C#N)CN1CCCC(N(C)C)C1. The summed E-state index contributed by atoms with van der Waals surface area (Å²) in [5.41, 5.74) is 0. The Morgan fingerprint density at radius 2 is 2.29 bits per heavy atom. The average Bonchev–Trinajstić information content (AvgIpc) is 2.34. The summed E-state index contributed by atoms with van der Waals surface area (Å²) in [6.45, 7) is 6.16. The maximum Gasteiger partial charge on any atom is 0.108 e. The topological polar surface area (TPSA) is 42.3 Å². The van der Waals surface area contributed by atoms with Crippen LogP contribution in [-0.4, -0.2) is 62.2 Å². The molecule has 4 nitrogen and oxygen atoms in total. The Morgan fingerprint density at radius 1 is 1.53 bits per heavy atom. The highest BCUT2D eigenvalue weighted by molar-refractivity contribution is 4.93. The van der Waals surface area contributed by atoms with Crippen LogP contribution in [0, 0.1) is 11.3 Å². The van der Waals surface area contributed by atoms with Crippen LogP contribution >= 0.6 is 0 Å². The molecule has 0 aromatic carbocycles. The number of hydrogen-bond acceptors (Lipinski definition) is 4. The standard InChI is InChI=1S/C13H26N4/c1-4-7-15-12(9-14)10-17-8-5-6-13(11-17)16(2)3/h12-13,15H,4-8,10-11H2,1-3H3. The fourth-order valence-corrected chi connectivity index (χ4v) is 2.35. The van der Waals surface area contributed by atoms with Crippen molar-refractivity contribution in [2.45, 2.75) is 38.3 Å². The number of nitrogens with zero attached hydrogens (tertiary/aromatic N) is 3. The van der Waals surface area contributed by atoms with Crippen molar-refractivity contribution < 1.29 is 0 Å². The minimum atomic E-state index is -0.0177. The maximum atomic E-state index is 9.11. The summed E-state index contributed by atoms with van der Waals surface area (Å²) in [6, 6.07) is 2.99. The lowest BCUT2D eigenvalue weighted by Crippen LogP contribution is -2.49. The molecule has 0 radical (unpaired) electrons. The third-order valence-corrected chi connectivity index (χ3v) is 3.45. The summed E-state index contributed by atoms with van der Waals surface area (Å²) in [5.74, 6) is 0. The summed E-state index contributed by atoms with van der Waals surface area (Å²) < 4.78 is 0. The molecule has 1 fully saturated rings. The second-order valence-electron chi connectivity index (χ2n) is 5.16. The summed E-state index contributed by atoms with van der Waals surface area (Å²) in [5, 5.41) is 12.4. The molecular formula is C13H26N4. The fraction of sp³-hybridized carbons (Fsp3) is 0.923. The Balaban J connectivity index is 2.36. The number of hydrogen-bond donors (Lipinski definition) is 1. The zero-order chi connectivity index (χ0) is 12.7. The molecule has 2 atom stereocenters. The molecule has 0 spiro atoms. The van der Waals surface area contributed by atoms with Gasteiger partial charge in [0.15, 0.2) is 0 Å². The Bertz CT molecular complexity index is 246. The first-order chi connectivity index (χ1) is 8.17. The van der Waals surface area contributed by atoms with Gasteiger partial charge in [-0.1, -0.05) is 6.92 Å². The number of rotatable bonds is 6. The Labute approximate surface area is 106 Å². The van der Waals surface area contributed by atoms with Crippen LogP contribution in [0.2, 0.25) is 0 Å². The van der Waals surface area contributed by atoms with Gasteiger partial charge in [0, 0.05) is 19.1 Å². The van der Waals surface area contributed by atoms with E-state index in [1.165, 1.54) is 12.8 Å². The van der Waals surface area contributed by atoms with Crippen molar-refractivity contribution >= 4 is 0 Å². The molecule has 0 aliphatic carbocycles. The lowest BCUT2D eigenvalue weighted by atomic mass is 10.0. The molecule has 1 heterocycles. The molecule has 1 aliphatic rings. The van der Waals surface area contributed by atoms with E-state index in [2.05, 4.69) is 42.2 Å². The summed E-state index contributed by atoms with van der Waals surface area (Å²) in [4.78, 5) is 4.72. The molecule has 0 aromatic heterocycles. The molecule has 0 aromatic rings. The van der Waals surface area contributed by atoms with Crippen LogP contribution in [0.3, 0.4) is 0 Å². The first-order valence-electron chi connectivity index (χ1n) is 6.69. The van der Waals surface area contributed by atoms with Crippen LogP contribution < -0.4 is 5.32 Å². The van der Waals surface area contributed by atoms with Gasteiger partial charge in [-0.15, -0.1) is 0 Å². The molecular weight excluding hydrogens is 212 g/mol. The fourth-order valence-electron chi connectivity index (χ4n) is 2.35. The smallest absolute Gasteiger partial charge is 0.108 e. The highest BCUT2D eigenvalue weighted by Gasteiger charge is 2.23. The van der Waals surface area contributed by atoms with Gasteiger partial charge in [-0.05, 0) is 46.4 Å². The predicted octanol–water partition coefficient (Wildman–Crippen LogP) is 0.904. The van der Waals surface area contributed by atoms with Crippen molar-refractivity contribution in [3.05, 3.63) is 0 Å². The first kappa shape index (κ1) is 14.4. The number of likely N-dealkylation sites (tertiary alicyclic amines) is 1. The molecule has 0 bridgehead atoms. The number of likely N-dealkylation sites (N-methyl/N-ethyl adjacent to an activating group) is 1. The Kier molecular flexibility index (Phi) is 6.49. The van der Waals surface area contributed by atoms with Gasteiger partial charge < -0.3 is 10.2 Å². The van der Waals surface area contributed by atoms with Crippen LogP contribution in [0.25, 0.3) is 0 Å². The van der Waals surface area contributed by atoms with Gasteiger partial charge in [0.25, 0.3) is 0 Å². The van der Waals surface area contributed by atoms with Crippen LogP contribution in [0.5, 0.6) is 0 Å². The molecule has 2 unspecified atom stereocenters. The largest absolute Gasteiger partial charge is 0.305 e. The average molecular weight is 238 g/mol. The van der Waals surface area contributed by atoms with Crippen molar-refractivity contribution in [2.24, 2.45) is 0 Å².